The van der Waals surface area contributed by atoms with Crippen molar-refractivity contribution in [2.75, 3.05) is 18.0 Å². The molecule has 0 spiro atoms. The van der Waals surface area contributed by atoms with Gasteiger partial charge in [0.05, 0.1) is 16.8 Å². The number of anilines is 1. The molecular formula is C11H13Cl2NO. The largest absolute Gasteiger partial charge is 0.393 e. The van der Waals surface area contributed by atoms with E-state index in [2.05, 4.69) is 4.90 Å². The lowest BCUT2D eigenvalue weighted by molar-refractivity contribution is 0.145. The fraction of sp³-hybridized carbons (Fsp3) is 0.455. The summed E-state index contributed by atoms with van der Waals surface area (Å²) in [5, 5.41) is 10.7. The molecule has 0 bridgehead atoms. The first kappa shape index (κ1) is 11.1. The Kier molecular flexibility index (Phi) is 3.39. The van der Waals surface area contributed by atoms with Gasteiger partial charge in [-0.2, -0.15) is 0 Å². The Balaban J connectivity index is 2.15. The fourth-order valence-electron chi connectivity index (χ4n) is 1.84. The quantitative estimate of drug-likeness (QED) is 0.823. The minimum atomic E-state index is -0.160. The van der Waals surface area contributed by atoms with E-state index in [9.17, 15) is 5.11 Å². The zero-order chi connectivity index (χ0) is 10.8. The zero-order valence-electron chi connectivity index (χ0n) is 8.29. The third-order valence-corrected chi connectivity index (χ3v) is 3.25. The van der Waals surface area contributed by atoms with Crippen molar-refractivity contribution in [2.45, 2.75) is 18.9 Å². The summed E-state index contributed by atoms with van der Waals surface area (Å²) in [6.07, 6.45) is 1.45. The first-order chi connectivity index (χ1) is 7.16. The molecule has 15 heavy (non-hydrogen) atoms. The van der Waals surface area contributed by atoms with E-state index in [1.165, 1.54) is 0 Å². The molecule has 0 unspecified atom stereocenters. The highest BCUT2D eigenvalue weighted by molar-refractivity contribution is 6.36. The van der Waals surface area contributed by atoms with Crippen molar-refractivity contribution in [3.8, 4) is 0 Å². The standard InChI is InChI=1S/C11H13Cl2NO/c12-8-1-2-11(10(13)7-8)14-5-3-9(15)4-6-14/h1-2,7,9,15H,3-6H2. The zero-order valence-corrected chi connectivity index (χ0v) is 9.80. The predicted molar refractivity (Wildman–Crippen MR) is 63.9 cm³/mol. The van der Waals surface area contributed by atoms with Gasteiger partial charge in [0.15, 0.2) is 0 Å². The summed E-state index contributed by atoms with van der Waals surface area (Å²) >= 11 is 11.9. The highest BCUT2D eigenvalue weighted by atomic mass is 35.5. The van der Waals surface area contributed by atoms with Crippen LogP contribution in [0.15, 0.2) is 18.2 Å². The van der Waals surface area contributed by atoms with Crippen LogP contribution in [-0.2, 0) is 0 Å². The van der Waals surface area contributed by atoms with Gasteiger partial charge < -0.3 is 10.0 Å². The monoisotopic (exact) mass is 245 g/mol. The Morgan fingerprint density at radius 2 is 1.87 bits per heavy atom. The van der Waals surface area contributed by atoms with Gasteiger partial charge in [0.25, 0.3) is 0 Å². The number of benzene rings is 1. The lowest BCUT2D eigenvalue weighted by atomic mass is 10.1. The van der Waals surface area contributed by atoms with Crippen LogP contribution in [0.3, 0.4) is 0 Å². The van der Waals surface area contributed by atoms with E-state index in [4.69, 9.17) is 23.2 Å². The van der Waals surface area contributed by atoms with Crippen LogP contribution in [-0.4, -0.2) is 24.3 Å². The lowest BCUT2D eigenvalue weighted by Crippen LogP contribution is -2.35. The van der Waals surface area contributed by atoms with E-state index in [-0.39, 0.29) is 6.10 Å². The summed E-state index contributed by atoms with van der Waals surface area (Å²) in [5.41, 5.74) is 1.01. The number of aliphatic hydroxyl groups excluding tert-OH is 1. The second-order valence-electron chi connectivity index (χ2n) is 3.81. The Labute approximate surface area is 99.4 Å². The van der Waals surface area contributed by atoms with Crippen LogP contribution in [0, 0.1) is 0 Å². The van der Waals surface area contributed by atoms with Gasteiger partial charge in [0, 0.05) is 18.1 Å². The van der Waals surface area contributed by atoms with Crippen LogP contribution >= 0.6 is 23.2 Å². The second kappa shape index (κ2) is 4.60. The molecule has 1 aliphatic heterocycles. The van der Waals surface area contributed by atoms with Gasteiger partial charge in [-0.15, -0.1) is 0 Å². The molecule has 0 atom stereocenters. The highest BCUT2D eigenvalue weighted by Crippen LogP contribution is 2.30. The Morgan fingerprint density at radius 3 is 2.47 bits per heavy atom. The molecule has 0 saturated carbocycles. The Morgan fingerprint density at radius 1 is 1.20 bits per heavy atom. The first-order valence-corrected chi connectivity index (χ1v) is 5.80. The molecule has 0 aromatic heterocycles. The molecule has 1 aromatic rings. The van der Waals surface area contributed by atoms with Gasteiger partial charge in [0.2, 0.25) is 0 Å². The van der Waals surface area contributed by atoms with Crippen LogP contribution < -0.4 is 4.90 Å². The minimum absolute atomic E-state index is 0.160. The van der Waals surface area contributed by atoms with Gasteiger partial charge >= 0.3 is 0 Å². The van der Waals surface area contributed by atoms with Crippen molar-refractivity contribution in [1.82, 2.24) is 0 Å². The summed E-state index contributed by atoms with van der Waals surface area (Å²) in [5.74, 6) is 0. The van der Waals surface area contributed by atoms with Gasteiger partial charge in [-0.3, -0.25) is 0 Å². The van der Waals surface area contributed by atoms with Crippen molar-refractivity contribution in [2.24, 2.45) is 0 Å². The number of hydrogen-bond acceptors (Lipinski definition) is 2. The third kappa shape index (κ3) is 2.57. The van der Waals surface area contributed by atoms with Crippen LogP contribution in [0.2, 0.25) is 10.0 Å². The molecule has 1 heterocycles. The number of aliphatic hydroxyl groups is 1. The maximum absolute atomic E-state index is 9.41. The molecule has 1 saturated heterocycles. The average molecular weight is 246 g/mol. The average Bonchev–Trinajstić information content (AvgIpc) is 2.20. The topological polar surface area (TPSA) is 23.5 Å². The number of hydrogen-bond donors (Lipinski definition) is 1. The summed E-state index contributed by atoms with van der Waals surface area (Å²) in [6, 6.07) is 5.53. The molecule has 4 heteroatoms. The smallest absolute Gasteiger partial charge is 0.0654 e. The minimum Gasteiger partial charge on any atom is -0.393 e. The SMILES string of the molecule is OC1CCN(c2ccc(Cl)cc2Cl)CC1. The molecule has 1 N–H and O–H groups in total. The molecule has 1 aromatic carbocycles. The summed E-state index contributed by atoms with van der Waals surface area (Å²) in [7, 11) is 0. The number of nitrogens with zero attached hydrogens (tertiary/aromatic N) is 1. The van der Waals surface area contributed by atoms with Gasteiger partial charge in [-0.05, 0) is 31.0 Å². The van der Waals surface area contributed by atoms with Crippen LogP contribution in [0.1, 0.15) is 12.8 Å². The van der Waals surface area contributed by atoms with Crippen molar-refractivity contribution in [3.63, 3.8) is 0 Å². The summed E-state index contributed by atoms with van der Waals surface area (Å²) < 4.78 is 0. The fourth-order valence-corrected chi connectivity index (χ4v) is 2.37. The highest BCUT2D eigenvalue weighted by Gasteiger charge is 2.18. The van der Waals surface area contributed by atoms with Crippen LogP contribution in [0.4, 0.5) is 5.69 Å². The van der Waals surface area contributed by atoms with E-state index in [0.717, 1.165) is 31.6 Å². The molecule has 2 rings (SSSR count). The van der Waals surface area contributed by atoms with E-state index >= 15 is 0 Å². The van der Waals surface area contributed by atoms with Crippen LogP contribution in [0.25, 0.3) is 0 Å². The van der Waals surface area contributed by atoms with E-state index in [1.54, 1.807) is 6.07 Å². The van der Waals surface area contributed by atoms with E-state index in [1.807, 2.05) is 12.1 Å². The maximum atomic E-state index is 9.41. The summed E-state index contributed by atoms with van der Waals surface area (Å²) in [4.78, 5) is 2.19. The predicted octanol–water partition coefficient (Wildman–Crippen LogP) is 2.95. The van der Waals surface area contributed by atoms with Crippen molar-refractivity contribution in [1.29, 1.82) is 0 Å². The molecular weight excluding hydrogens is 233 g/mol. The van der Waals surface area contributed by atoms with Gasteiger partial charge in [0.1, 0.15) is 0 Å². The van der Waals surface area contributed by atoms with Crippen molar-refractivity contribution >= 4 is 28.9 Å². The molecule has 1 fully saturated rings. The summed E-state index contributed by atoms with van der Waals surface area (Å²) in [6.45, 7) is 1.70. The number of rotatable bonds is 1. The molecule has 82 valence electrons. The van der Waals surface area contributed by atoms with E-state index in [0.29, 0.717) is 10.0 Å². The molecule has 1 aliphatic rings. The molecule has 0 amide bonds. The second-order valence-corrected chi connectivity index (χ2v) is 4.66. The van der Waals surface area contributed by atoms with Crippen LogP contribution in [0.5, 0.6) is 0 Å². The Bertz CT molecular complexity index is 348. The number of piperidine rings is 1. The first-order valence-electron chi connectivity index (χ1n) is 5.05. The Hall–Kier alpha value is -0.440. The normalized spacial score (nSPS) is 18.2. The van der Waals surface area contributed by atoms with Gasteiger partial charge in [-0.1, -0.05) is 23.2 Å². The molecule has 2 nitrogen and oxygen atoms in total. The number of halogens is 2. The van der Waals surface area contributed by atoms with E-state index < -0.39 is 0 Å². The van der Waals surface area contributed by atoms with Gasteiger partial charge in [-0.25, -0.2) is 0 Å². The molecule has 0 radical (unpaired) electrons. The molecule has 0 aliphatic carbocycles. The third-order valence-electron chi connectivity index (χ3n) is 2.71. The maximum Gasteiger partial charge on any atom is 0.0654 e. The van der Waals surface area contributed by atoms with Crippen molar-refractivity contribution in [3.05, 3.63) is 28.2 Å². The van der Waals surface area contributed by atoms with Crippen molar-refractivity contribution < 1.29 is 5.11 Å². The lowest BCUT2D eigenvalue weighted by Gasteiger charge is -2.32.